The molecular weight excluding hydrogens is 336 g/mol. The number of hydrogen-bond acceptors (Lipinski definition) is 3. The summed E-state index contributed by atoms with van der Waals surface area (Å²) in [6.07, 6.45) is 8.84. The molecule has 2 fully saturated rings. The van der Waals surface area contributed by atoms with E-state index in [1.165, 1.54) is 18.4 Å². The number of aryl methyl sites for hydroxylation is 1. The molecule has 144 valence electrons. The average Bonchev–Trinajstić information content (AvgIpc) is 3.24. The first-order valence-electron chi connectivity index (χ1n) is 10.4. The van der Waals surface area contributed by atoms with E-state index in [1.54, 1.807) is 0 Å². The van der Waals surface area contributed by atoms with Crippen LogP contribution in [0.2, 0.25) is 0 Å². The van der Waals surface area contributed by atoms with Crippen molar-refractivity contribution < 1.29 is 4.79 Å². The maximum atomic E-state index is 12.8. The van der Waals surface area contributed by atoms with E-state index in [9.17, 15) is 4.79 Å². The van der Waals surface area contributed by atoms with Gasteiger partial charge in [0.2, 0.25) is 0 Å². The van der Waals surface area contributed by atoms with Crippen molar-refractivity contribution in [1.29, 1.82) is 0 Å². The van der Waals surface area contributed by atoms with Crippen molar-refractivity contribution in [3.8, 4) is 0 Å². The number of likely N-dealkylation sites (tertiary alicyclic amines) is 1. The van der Waals surface area contributed by atoms with Crippen molar-refractivity contribution in [3.05, 3.63) is 53.9 Å². The number of piperidine rings is 2. The molecule has 1 unspecified atom stereocenters. The number of amides is 1. The Kier molecular flexibility index (Phi) is 5.87. The maximum Gasteiger partial charge on any atom is 0.274 e. The molecule has 2 saturated heterocycles. The first kappa shape index (κ1) is 18.2. The molecule has 0 bridgehead atoms. The van der Waals surface area contributed by atoms with Gasteiger partial charge in [0.25, 0.3) is 5.91 Å². The molecule has 27 heavy (non-hydrogen) atoms. The van der Waals surface area contributed by atoms with Crippen LogP contribution in [-0.2, 0) is 6.42 Å². The first-order chi connectivity index (χ1) is 13.3. The molecule has 1 atom stereocenters. The molecule has 1 N–H and O–H groups in total. The molecule has 0 aliphatic carbocycles. The topological polar surface area (TPSA) is 50.2 Å². The van der Waals surface area contributed by atoms with Gasteiger partial charge in [-0.15, -0.1) is 0 Å². The Labute approximate surface area is 161 Å². The van der Waals surface area contributed by atoms with E-state index in [0.29, 0.717) is 11.7 Å². The van der Waals surface area contributed by atoms with Crippen LogP contribution in [0.1, 0.15) is 54.2 Å². The van der Waals surface area contributed by atoms with E-state index in [1.807, 2.05) is 21.8 Å². The second-order valence-corrected chi connectivity index (χ2v) is 7.94. The van der Waals surface area contributed by atoms with Crippen LogP contribution in [0.3, 0.4) is 0 Å². The molecule has 2 aliphatic heterocycles. The molecule has 3 heterocycles. The van der Waals surface area contributed by atoms with Gasteiger partial charge in [0.15, 0.2) is 0 Å². The fraction of sp³-hybridized carbons (Fsp3) is 0.545. The lowest BCUT2D eigenvalue weighted by atomic mass is 9.90. The molecule has 0 radical (unpaired) electrons. The van der Waals surface area contributed by atoms with Gasteiger partial charge in [0.05, 0.1) is 6.04 Å². The zero-order valence-corrected chi connectivity index (χ0v) is 16.0. The lowest BCUT2D eigenvalue weighted by Crippen LogP contribution is -2.39. The van der Waals surface area contributed by atoms with Gasteiger partial charge in [-0.05, 0) is 62.6 Å². The van der Waals surface area contributed by atoms with Crippen LogP contribution in [0.25, 0.3) is 0 Å². The Morgan fingerprint density at radius 1 is 1.11 bits per heavy atom. The van der Waals surface area contributed by atoms with Crippen LogP contribution in [0.15, 0.2) is 42.6 Å². The molecule has 5 nitrogen and oxygen atoms in total. The number of hydrogen-bond donors (Lipinski definition) is 1. The Bertz CT molecular complexity index is 728. The summed E-state index contributed by atoms with van der Waals surface area (Å²) in [5.41, 5.74) is 2.02. The van der Waals surface area contributed by atoms with Crippen LogP contribution in [0.4, 0.5) is 0 Å². The van der Waals surface area contributed by atoms with E-state index in [-0.39, 0.29) is 5.91 Å². The SMILES string of the molecule is O=C(c1ccn(C2CCCNC2)n1)N1CCC(CCc2ccccc2)CC1. The summed E-state index contributed by atoms with van der Waals surface area (Å²) in [5, 5.41) is 8.00. The van der Waals surface area contributed by atoms with Gasteiger partial charge in [-0.1, -0.05) is 30.3 Å². The van der Waals surface area contributed by atoms with Gasteiger partial charge in [-0.3, -0.25) is 9.48 Å². The lowest BCUT2D eigenvalue weighted by Gasteiger charge is -2.31. The van der Waals surface area contributed by atoms with E-state index < -0.39 is 0 Å². The fourth-order valence-electron chi connectivity index (χ4n) is 4.32. The van der Waals surface area contributed by atoms with Gasteiger partial charge >= 0.3 is 0 Å². The molecule has 0 spiro atoms. The summed E-state index contributed by atoms with van der Waals surface area (Å²) in [6.45, 7) is 3.75. The minimum atomic E-state index is 0.0963. The van der Waals surface area contributed by atoms with Crippen LogP contribution in [0.5, 0.6) is 0 Å². The monoisotopic (exact) mass is 366 g/mol. The largest absolute Gasteiger partial charge is 0.337 e. The average molecular weight is 367 g/mol. The van der Waals surface area contributed by atoms with E-state index in [4.69, 9.17) is 0 Å². The first-order valence-corrected chi connectivity index (χ1v) is 10.4. The molecule has 4 rings (SSSR count). The number of rotatable bonds is 5. The highest BCUT2D eigenvalue weighted by Gasteiger charge is 2.25. The van der Waals surface area contributed by atoms with Crippen molar-refractivity contribution in [2.24, 2.45) is 5.92 Å². The van der Waals surface area contributed by atoms with Gasteiger partial charge in [-0.2, -0.15) is 5.10 Å². The van der Waals surface area contributed by atoms with Crippen LogP contribution in [-0.4, -0.2) is 46.8 Å². The molecule has 2 aliphatic rings. The lowest BCUT2D eigenvalue weighted by molar-refractivity contribution is 0.0679. The zero-order chi connectivity index (χ0) is 18.5. The van der Waals surface area contributed by atoms with E-state index >= 15 is 0 Å². The van der Waals surface area contributed by atoms with Gasteiger partial charge in [0.1, 0.15) is 5.69 Å². The van der Waals surface area contributed by atoms with Crippen molar-refractivity contribution in [2.45, 2.75) is 44.6 Å². The molecular formula is C22H30N4O. The number of carbonyl (C=O) groups is 1. The molecule has 2 aromatic rings. The van der Waals surface area contributed by atoms with Crippen molar-refractivity contribution in [3.63, 3.8) is 0 Å². The minimum Gasteiger partial charge on any atom is -0.337 e. The number of nitrogens with zero attached hydrogens (tertiary/aromatic N) is 3. The predicted octanol–water partition coefficient (Wildman–Crippen LogP) is 3.29. The van der Waals surface area contributed by atoms with E-state index in [2.05, 4.69) is 40.7 Å². The standard InChI is InChI=1S/C22H30N4O/c27-22(21-12-16-26(24-21)20-7-4-13-23-17-20)25-14-10-19(11-15-25)9-8-18-5-2-1-3-6-18/h1-3,5-6,12,16,19-20,23H,4,7-11,13-15,17H2. The smallest absolute Gasteiger partial charge is 0.274 e. The summed E-state index contributed by atoms with van der Waals surface area (Å²) < 4.78 is 1.98. The molecule has 0 saturated carbocycles. The van der Waals surface area contributed by atoms with E-state index in [0.717, 1.165) is 57.8 Å². The summed E-state index contributed by atoms with van der Waals surface area (Å²) in [4.78, 5) is 14.8. The highest BCUT2D eigenvalue weighted by molar-refractivity contribution is 5.92. The van der Waals surface area contributed by atoms with Crippen LogP contribution in [0, 0.1) is 5.92 Å². The second kappa shape index (κ2) is 8.70. The van der Waals surface area contributed by atoms with Crippen molar-refractivity contribution >= 4 is 5.91 Å². The third kappa shape index (κ3) is 4.59. The van der Waals surface area contributed by atoms with Crippen LogP contribution >= 0.6 is 0 Å². The summed E-state index contributed by atoms with van der Waals surface area (Å²) in [7, 11) is 0. The number of aromatic nitrogens is 2. The Morgan fingerprint density at radius 2 is 1.93 bits per heavy atom. The normalized spacial score (nSPS) is 21.3. The van der Waals surface area contributed by atoms with Gasteiger partial charge in [-0.25, -0.2) is 0 Å². The third-order valence-corrected chi connectivity index (χ3v) is 6.06. The molecule has 1 aromatic carbocycles. The Morgan fingerprint density at radius 3 is 2.67 bits per heavy atom. The minimum absolute atomic E-state index is 0.0963. The molecule has 1 aromatic heterocycles. The van der Waals surface area contributed by atoms with Crippen LogP contribution < -0.4 is 5.32 Å². The highest BCUT2D eigenvalue weighted by Crippen LogP contribution is 2.24. The number of benzene rings is 1. The van der Waals surface area contributed by atoms with Gasteiger partial charge in [0, 0.05) is 25.8 Å². The molecule has 5 heteroatoms. The van der Waals surface area contributed by atoms with Crippen molar-refractivity contribution in [2.75, 3.05) is 26.2 Å². The quantitative estimate of drug-likeness (QED) is 0.883. The number of nitrogens with one attached hydrogen (secondary N) is 1. The summed E-state index contributed by atoms with van der Waals surface area (Å²) in [5.74, 6) is 0.819. The Balaban J connectivity index is 1.26. The van der Waals surface area contributed by atoms with Crippen molar-refractivity contribution in [1.82, 2.24) is 20.0 Å². The number of carbonyl (C=O) groups excluding carboxylic acids is 1. The zero-order valence-electron chi connectivity index (χ0n) is 16.0. The predicted molar refractivity (Wildman–Crippen MR) is 107 cm³/mol. The fourth-order valence-corrected chi connectivity index (χ4v) is 4.32. The highest BCUT2D eigenvalue weighted by atomic mass is 16.2. The summed E-state index contributed by atoms with van der Waals surface area (Å²) in [6, 6.07) is 13.0. The third-order valence-electron chi connectivity index (χ3n) is 6.06. The maximum absolute atomic E-state index is 12.8. The summed E-state index contributed by atoms with van der Waals surface area (Å²) >= 11 is 0. The second-order valence-electron chi connectivity index (χ2n) is 7.94. The Hall–Kier alpha value is -2.14. The van der Waals surface area contributed by atoms with Gasteiger partial charge < -0.3 is 10.2 Å². The molecule has 1 amide bonds.